The van der Waals surface area contributed by atoms with Crippen LogP contribution in [0.25, 0.3) is 0 Å². The van der Waals surface area contributed by atoms with Crippen molar-refractivity contribution in [2.45, 2.75) is 25.7 Å². The molecule has 0 bridgehead atoms. The van der Waals surface area contributed by atoms with Gasteiger partial charge >= 0.3 is 0 Å². The van der Waals surface area contributed by atoms with E-state index in [2.05, 4.69) is 25.1 Å². The van der Waals surface area contributed by atoms with Gasteiger partial charge in [0.05, 0.1) is 11.5 Å². The highest BCUT2D eigenvalue weighted by atomic mass is 16.2. The Morgan fingerprint density at radius 1 is 1.16 bits per heavy atom. The van der Waals surface area contributed by atoms with Crippen molar-refractivity contribution in [3.05, 3.63) is 18.0 Å². The predicted molar refractivity (Wildman–Crippen MR) is 94.2 cm³/mol. The third-order valence-electron chi connectivity index (χ3n) is 4.91. The zero-order chi connectivity index (χ0) is 17.6. The van der Waals surface area contributed by atoms with Crippen molar-refractivity contribution in [2.24, 2.45) is 11.7 Å². The molecule has 0 saturated carbocycles. The summed E-state index contributed by atoms with van der Waals surface area (Å²) in [5.41, 5.74) is 5.86. The number of nitrogens with two attached hydrogens (primary N) is 1. The molecule has 3 N–H and O–H groups in total. The number of hydrogen-bond donors (Lipinski definition) is 2. The fourth-order valence-corrected chi connectivity index (χ4v) is 3.44. The number of aromatic nitrogens is 2. The van der Waals surface area contributed by atoms with Gasteiger partial charge in [0.25, 0.3) is 5.91 Å². The van der Waals surface area contributed by atoms with E-state index in [9.17, 15) is 9.59 Å². The number of primary amides is 1. The molecule has 1 atom stereocenters. The molecule has 3 heterocycles. The summed E-state index contributed by atoms with van der Waals surface area (Å²) >= 11 is 0. The van der Waals surface area contributed by atoms with Crippen molar-refractivity contribution in [2.75, 3.05) is 44.2 Å². The van der Waals surface area contributed by atoms with Crippen LogP contribution in [0.3, 0.4) is 0 Å². The molecular formula is C17H26N6O2. The molecule has 0 unspecified atom stereocenters. The van der Waals surface area contributed by atoms with Crippen LogP contribution in [-0.2, 0) is 4.79 Å². The second-order valence-electron chi connectivity index (χ2n) is 6.76. The Labute approximate surface area is 147 Å². The largest absolute Gasteiger partial charge is 0.369 e. The topological polar surface area (TPSA) is 104 Å². The Morgan fingerprint density at radius 3 is 2.56 bits per heavy atom. The number of nitrogens with zero attached hydrogens (tertiary/aromatic N) is 4. The van der Waals surface area contributed by atoms with E-state index in [1.165, 1.54) is 12.8 Å². The highest BCUT2D eigenvalue weighted by molar-refractivity contribution is 5.93. The molecule has 2 amide bonds. The first-order valence-corrected chi connectivity index (χ1v) is 9.00. The van der Waals surface area contributed by atoms with Gasteiger partial charge in [0.2, 0.25) is 11.9 Å². The van der Waals surface area contributed by atoms with Crippen LogP contribution in [-0.4, -0.2) is 66.0 Å². The molecule has 0 aliphatic carbocycles. The van der Waals surface area contributed by atoms with Crippen LogP contribution in [0.4, 0.5) is 5.95 Å². The minimum atomic E-state index is -0.232. The van der Waals surface area contributed by atoms with Gasteiger partial charge in [-0.05, 0) is 32.2 Å². The number of carbonyl (C=O) groups is 2. The number of piperidine rings is 1. The van der Waals surface area contributed by atoms with Crippen molar-refractivity contribution in [3.63, 3.8) is 0 Å². The minimum Gasteiger partial charge on any atom is -0.369 e. The second-order valence-corrected chi connectivity index (χ2v) is 6.76. The molecular weight excluding hydrogens is 320 g/mol. The number of nitrogens with one attached hydrogen (secondary N) is 1. The van der Waals surface area contributed by atoms with E-state index in [0.717, 1.165) is 32.5 Å². The first-order valence-electron chi connectivity index (χ1n) is 9.00. The summed E-state index contributed by atoms with van der Waals surface area (Å²) < 4.78 is 0. The van der Waals surface area contributed by atoms with E-state index in [-0.39, 0.29) is 17.7 Å². The molecule has 1 aromatic rings. The lowest BCUT2D eigenvalue weighted by atomic mass is 9.97. The molecule has 136 valence electrons. The monoisotopic (exact) mass is 346 g/mol. The first kappa shape index (κ1) is 17.6. The zero-order valence-corrected chi connectivity index (χ0v) is 14.5. The van der Waals surface area contributed by atoms with Crippen LogP contribution in [0.2, 0.25) is 0 Å². The van der Waals surface area contributed by atoms with E-state index in [0.29, 0.717) is 31.1 Å². The van der Waals surface area contributed by atoms with Crippen molar-refractivity contribution in [3.8, 4) is 0 Å². The molecule has 2 aliphatic heterocycles. The van der Waals surface area contributed by atoms with Gasteiger partial charge in [0.1, 0.15) is 0 Å². The third kappa shape index (κ3) is 4.66. The maximum absolute atomic E-state index is 12.2. The van der Waals surface area contributed by atoms with Crippen molar-refractivity contribution in [1.29, 1.82) is 0 Å². The predicted octanol–water partition coefficient (Wildman–Crippen LogP) is 0.00390. The number of anilines is 1. The summed E-state index contributed by atoms with van der Waals surface area (Å²) in [6, 6.07) is 0. The summed E-state index contributed by atoms with van der Waals surface area (Å²) in [6.07, 6.45) is 7.32. The van der Waals surface area contributed by atoms with Gasteiger partial charge in [-0.3, -0.25) is 9.59 Å². The lowest BCUT2D eigenvalue weighted by Gasteiger charge is -2.31. The lowest BCUT2D eigenvalue weighted by molar-refractivity contribution is -0.123. The standard InChI is InChI=1S/C17H26N6O2/c18-15(24)13-4-3-6-22(12-13)9-5-19-16(25)14-10-20-17(21-11-14)23-7-1-2-8-23/h10-11,13H,1-9,12H2,(H2,18,24)(H,19,25)/t13-/m0/s1. The normalized spacial score (nSPS) is 21.3. The number of carbonyl (C=O) groups excluding carboxylic acids is 2. The Kier molecular flexibility index (Phi) is 5.80. The smallest absolute Gasteiger partial charge is 0.254 e. The average molecular weight is 346 g/mol. The van der Waals surface area contributed by atoms with Crippen LogP contribution in [0.1, 0.15) is 36.0 Å². The van der Waals surface area contributed by atoms with Crippen LogP contribution in [0, 0.1) is 5.92 Å². The Morgan fingerprint density at radius 2 is 1.88 bits per heavy atom. The first-order chi connectivity index (χ1) is 12.1. The molecule has 2 fully saturated rings. The van der Waals surface area contributed by atoms with E-state index in [1.54, 1.807) is 12.4 Å². The summed E-state index contributed by atoms with van der Waals surface area (Å²) in [4.78, 5) is 36.4. The summed E-state index contributed by atoms with van der Waals surface area (Å²) in [5, 5.41) is 2.89. The van der Waals surface area contributed by atoms with Crippen molar-refractivity contribution in [1.82, 2.24) is 20.2 Å². The third-order valence-corrected chi connectivity index (χ3v) is 4.91. The molecule has 8 heteroatoms. The van der Waals surface area contributed by atoms with Gasteiger partial charge in [-0.15, -0.1) is 0 Å². The molecule has 8 nitrogen and oxygen atoms in total. The fourth-order valence-electron chi connectivity index (χ4n) is 3.44. The molecule has 0 aromatic carbocycles. The highest BCUT2D eigenvalue weighted by Crippen LogP contribution is 2.16. The van der Waals surface area contributed by atoms with E-state index in [1.807, 2.05) is 0 Å². The summed E-state index contributed by atoms with van der Waals surface area (Å²) in [7, 11) is 0. The second kappa shape index (κ2) is 8.24. The van der Waals surface area contributed by atoms with Gasteiger partial charge in [0.15, 0.2) is 0 Å². The molecule has 2 aliphatic rings. The molecule has 2 saturated heterocycles. The van der Waals surface area contributed by atoms with Crippen LogP contribution >= 0.6 is 0 Å². The quantitative estimate of drug-likeness (QED) is 0.751. The molecule has 3 rings (SSSR count). The van der Waals surface area contributed by atoms with Crippen LogP contribution in [0.5, 0.6) is 0 Å². The van der Waals surface area contributed by atoms with Gasteiger partial charge in [0, 0.05) is 45.1 Å². The SMILES string of the molecule is NC(=O)[C@H]1CCCN(CCNC(=O)c2cnc(N3CCCC3)nc2)C1. The van der Waals surface area contributed by atoms with Gasteiger partial charge in [-0.25, -0.2) is 9.97 Å². The summed E-state index contributed by atoms with van der Waals surface area (Å²) in [6.45, 7) is 4.81. The number of likely N-dealkylation sites (tertiary alicyclic amines) is 1. The lowest BCUT2D eigenvalue weighted by Crippen LogP contribution is -2.44. The maximum Gasteiger partial charge on any atom is 0.254 e. The highest BCUT2D eigenvalue weighted by Gasteiger charge is 2.23. The Bertz CT molecular complexity index is 600. The van der Waals surface area contributed by atoms with E-state index in [4.69, 9.17) is 5.73 Å². The van der Waals surface area contributed by atoms with Crippen molar-refractivity contribution >= 4 is 17.8 Å². The average Bonchev–Trinajstić information content (AvgIpc) is 3.17. The zero-order valence-electron chi connectivity index (χ0n) is 14.5. The number of hydrogen-bond acceptors (Lipinski definition) is 6. The number of amides is 2. The summed E-state index contributed by atoms with van der Waals surface area (Å²) in [5.74, 6) is 0.219. The number of rotatable bonds is 6. The molecule has 25 heavy (non-hydrogen) atoms. The van der Waals surface area contributed by atoms with Crippen LogP contribution in [0.15, 0.2) is 12.4 Å². The van der Waals surface area contributed by atoms with Crippen LogP contribution < -0.4 is 16.0 Å². The van der Waals surface area contributed by atoms with Gasteiger partial charge < -0.3 is 20.9 Å². The van der Waals surface area contributed by atoms with E-state index >= 15 is 0 Å². The van der Waals surface area contributed by atoms with E-state index < -0.39 is 0 Å². The molecule has 0 spiro atoms. The maximum atomic E-state index is 12.2. The minimum absolute atomic E-state index is 0.0732. The van der Waals surface area contributed by atoms with Gasteiger partial charge in [-0.2, -0.15) is 0 Å². The van der Waals surface area contributed by atoms with Crippen molar-refractivity contribution < 1.29 is 9.59 Å². The Balaban J connectivity index is 1.43. The molecule has 1 aromatic heterocycles. The fraction of sp³-hybridized carbons (Fsp3) is 0.647. The van der Waals surface area contributed by atoms with Gasteiger partial charge in [-0.1, -0.05) is 0 Å². The molecule has 0 radical (unpaired) electrons. The Hall–Kier alpha value is -2.22.